The zero-order chi connectivity index (χ0) is 15.9. The molecule has 2 fully saturated rings. The van der Waals surface area contributed by atoms with Gasteiger partial charge in [0.2, 0.25) is 0 Å². The normalized spacial score (nSPS) is 25.9. The molecule has 0 unspecified atom stereocenters. The Bertz CT molecular complexity index is 596. The molecule has 2 aliphatic heterocycles. The predicted molar refractivity (Wildman–Crippen MR) is 81.0 cm³/mol. The number of fused-ring (bicyclic) bond motifs is 1. The number of rotatable bonds is 1. The van der Waals surface area contributed by atoms with Crippen LogP contribution in [0.2, 0.25) is 5.02 Å². The lowest BCUT2D eigenvalue weighted by Gasteiger charge is -2.46. The fraction of sp³-hybridized carbons (Fsp3) is 0.562. The molecule has 1 aromatic carbocycles. The Kier molecular flexibility index (Phi) is 4.37. The van der Waals surface area contributed by atoms with E-state index < -0.39 is 17.5 Å². The van der Waals surface area contributed by atoms with E-state index in [1.807, 2.05) is 0 Å². The van der Waals surface area contributed by atoms with Crippen LogP contribution < -0.4 is 0 Å². The molecule has 3 nitrogen and oxygen atoms in total. The highest BCUT2D eigenvalue weighted by Crippen LogP contribution is 2.32. The van der Waals surface area contributed by atoms with Crippen LogP contribution in [0.1, 0.15) is 29.6 Å². The third kappa shape index (κ3) is 2.84. The first-order valence-corrected chi connectivity index (χ1v) is 7.99. The lowest BCUT2D eigenvalue weighted by Crippen LogP contribution is -2.55. The summed E-state index contributed by atoms with van der Waals surface area (Å²) in [6, 6.07) is 1.91. The van der Waals surface area contributed by atoms with Crippen molar-refractivity contribution in [2.24, 2.45) is 5.92 Å². The van der Waals surface area contributed by atoms with Crippen LogP contribution in [-0.4, -0.2) is 48.4 Å². The highest BCUT2D eigenvalue weighted by Gasteiger charge is 2.38. The molecule has 2 heterocycles. The monoisotopic (exact) mass is 328 g/mol. The first kappa shape index (κ1) is 15.7. The van der Waals surface area contributed by atoms with Crippen molar-refractivity contribution in [2.45, 2.75) is 25.3 Å². The van der Waals surface area contributed by atoms with E-state index in [9.17, 15) is 13.6 Å². The van der Waals surface area contributed by atoms with Crippen LogP contribution in [-0.2, 0) is 0 Å². The second kappa shape index (κ2) is 6.13. The van der Waals surface area contributed by atoms with E-state index in [-0.39, 0.29) is 16.6 Å². The van der Waals surface area contributed by atoms with Crippen molar-refractivity contribution >= 4 is 17.5 Å². The molecule has 0 radical (unpaired) electrons. The second-order valence-corrected chi connectivity index (χ2v) is 6.67. The topological polar surface area (TPSA) is 23.6 Å². The number of benzene rings is 1. The van der Waals surface area contributed by atoms with Crippen LogP contribution >= 0.6 is 11.6 Å². The number of carbonyl (C=O) groups excluding carboxylic acids is 1. The fourth-order valence-corrected chi connectivity index (χ4v) is 3.83. The number of amides is 1. The van der Waals surface area contributed by atoms with Gasteiger partial charge in [-0.05, 0) is 50.9 Å². The van der Waals surface area contributed by atoms with Crippen molar-refractivity contribution in [1.82, 2.24) is 9.80 Å². The van der Waals surface area contributed by atoms with Gasteiger partial charge in [0.15, 0.2) is 0 Å². The van der Waals surface area contributed by atoms with E-state index in [2.05, 4.69) is 11.9 Å². The quantitative estimate of drug-likeness (QED) is 0.739. The molecule has 3 rings (SSSR count). The van der Waals surface area contributed by atoms with Crippen LogP contribution in [0.25, 0.3) is 0 Å². The predicted octanol–water partition coefficient (Wildman–Crippen LogP) is 3.17. The summed E-state index contributed by atoms with van der Waals surface area (Å²) >= 11 is 5.56. The number of hydrogen-bond acceptors (Lipinski definition) is 2. The summed E-state index contributed by atoms with van der Waals surface area (Å²) in [5.74, 6) is -1.53. The molecule has 0 bridgehead atoms. The molecule has 1 amide bonds. The van der Waals surface area contributed by atoms with Crippen LogP contribution in [0, 0.1) is 17.6 Å². The molecule has 2 saturated heterocycles. The van der Waals surface area contributed by atoms with Crippen molar-refractivity contribution in [3.63, 3.8) is 0 Å². The third-order valence-corrected chi connectivity index (χ3v) is 5.06. The summed E-state index contributed by atoms with van der Waals surface area (Å²) < 4.78 is 27.6. The van der Waals surface area contributed by atoms with Gasteiger partial charge in [-0.15, -0.1) is 0 Å². The van der Waals surface area contributed by atoms with Crippen molar-refractivity contribution in [2.75, 3.05) is 26.7 Å². The Morgan fingerprint density at radius 1 is 1.23 bits per heavy atom. The summed E-state index contributed by atoms with van der Waals surface area (Å²) in [7, 11) is 2.07. The van der Waals surface area contributed by atoms with E-state index in [0.29, 0.717) is 12.5 Å². The molecule has 0 aromatic heterocycles. The zero-order valence-corrected chi connectivity index (χ0v) is 13.2. The van der Waals surface area contributed by atoms with Gasteiger partial charge in [-0.25, -0.2) is 8.78 Å². The number of piperidine rings is 2. The Morgan fingerprint density at radius 2 is 2.00 bits per heavy atom. The minimum atomic E-state index is -0.761. The van der Waals surface area contributed by atoms with Gasteiger partial charge in [0, 0.05) is 19.1 Å². The van der Waals surface area contributed by atoms with E-state index in [1.54, 1.807) is 4.90 Å². The average Bonchev–Trinajstić information content (AvgIpc) is 2.49. The number of likely N-dealkylation sites (tertiary alicyclic amines) is 2. The molecule has 2 atom stereocenters. The Hall–Kier alpha value is -1.20. The number of carbonyl (C=O) groups is 1. The maximum Gasteiger partial charge on any atom is 0.257 e. The SMILES string of the molecule is CN1CC[C@H]2[C@H](CCCN2C(=O)c2cc(F)c(Cl)cc2F)C1. The second-order valence-electron chi connectivity index (χ2n) is 6.27. The van der Waals surface area contributed by atoms with Gasteiger partial charge in [-0.2, -0.15) is 0 Å². The molecule has 120 valence electrons. The summed E-state index contributed by atoms with van der Waals surface area (Å²) in [5, 5.41) is -0.301. The van der Waals surface area contributed by atoms with Crippen LogP contribution in [0.15, 0.2) is 12.1 Å². The van der Waals surface area contributed by atoms with E-state index in [1.165, 1.54) is 0 Å². The van der Waals surface area contributed by atoms with Crippen molar-refractivity contribution < 1.29 is 13.6 Å². The Labute approximate surface area is 133 Å². The maximum absolute atomic E-state index is 14.0. The average molecular weight is 329 g/mol. The lowest BCUT2D eigenvalue weighted by molar-refractivity contribution is 0.0250. The minimum Gasteiger partial charge on any atom is -0.335 e. The van der Waals surface area contributed by atoms with Crippen LogP contribution in [0.3, 0.4) is 0 Å². The summed E-state index contributed by atoms with van der Waals surface area (Å²) in [4.78, 5) is 16.7. The summed E-state index contributed by atoms with van der Waals surface area (Å²) in [6.45, 7) is 2.47. The smallest absolute Gasteiger partial charge is 0.257 e. The molecule has 22 heavy (non-hydrogen) atoms. The minimum absolute atomic E-state index is 0.121. The summed E-state index contributed by atoms with van der Waals surface area (Å²) in [6.07, 6.45) is 2.86. The number of hydrogen-bond donors (Lipinski definition) is 0. The lowest BCUT2D eigenvalue weighted by atomic mass is 9.83. The zero-order valence-electron chi connectivity index (χ0n) is 12.5. The molecular formula is C16H19ClF2N2O. The highest BCUT2D eigenvalue weighted by molar-refractivity contribution is 6.30. The van der Waals surface area contributed by atoms with E-state index in [4.69, 9.17) is 11.6 Å². The van der Waals surface area contributed by atoms with Gasteiger partial charge in [-0.1, -0.05) is 11.6 Å². The standard InChI is InChI=1S/C16H19ClF2N2O/c1-20-6-4-15-10(9-20)3-2-5-21(15)16(22)11-7-14(19)12(17)8-13(11)18/h7-8,10,15H,2-6,9H2,1H3/t10-,15+/m1/s1. The molecule has 0 N–H and O–H groups in total. The van der Waals surface area contributed by atoms with Gasteiger partial charge in [0.25, 0.3) is 5.91 Å². The highest BCUT2D eigenvalue weighted by atomic mass is 35.5. The van der Waals surface area contributed by atoms with Gasteiger partial charge in [0.05, 0.1) is 10.6 Å². The largest absolute Gasteiger partial charge is 0.335 e. The summed E-state index contributed by atoms with van der Waals surface area (Å²) in [5.41, 5.74) is -0.221. The molecule has 1 aromatic rings. The number of nitrogens with zero attached hydrogens (tertiary/aromatic N) is 2. The van der Waals surface area contributed by atoms with Gasteiger partial charge in [-0.3, -0.25) is 4.79 Å². The molecule has 2 aliphatic rings. The molecule has 0 saturated carbocycles. The first-order valence-electron chi connectivity index (χ1n) is 7.61. The molecular weight excluding hydrogens is 310 g/mol. The van der Waals surface area contributed by atoms with Crippen LogP contribution in [0.4, 0.5) is 8.78 Å². The van der Waals surface area contributed by atoms with E-state index in [0.717, 1.165) is 44.5 Å². The van der Waals surface area contributed by atoms with Crippen LogP contribution in [0.5, 0.6) is 0 Å². The van der Waals surface area contributed by atoms with Gasteiger partial charge in [0.1, 0.15) is 11.6 Å². The van der Waals surface area contributed by atoms with Gasteiger partial charge < -0.3 is 9.80 Å². The van der Waals surface area contributed by atoms with E-state index >= 15 is 0 Å². The number of halogens is 3. The van der Waals surface area contributed by atoms with Crippen molar-refractivity contribution in [3.8, 4) is 0 Å². The van der Waals surface area contributed by atoms with Crippen molar-refractivity contribution in [3.05, 3.63) is 34.4 Å². The molecule has 0 spiro atoms. The van der Waals surface area contributed by atoms with Crippen molar-refractivity contribution in [1.29, 1.82) is 0 Å². The Morgan fingerprint density at radius 3 is 2.77 bits per heavy atom. The fourth-order valence-electron chi connectivity index (χ4n) is 3.68. The third-order valence-electron chi connectivity index (χ3n) is 4.77. The maximum atomic E-state index is 14.0. The molecule has 0 aliphatic carbocycles. The van der Waals surface area contributed by atoms with Gasteiger partial charge >= 0.3 is 0 Å². The molecule has 6 heteroatoms. The first-order chi connectivity index (χ1) is 10.5. The Balaban J connectivity index is 1.86.